The van der Waals surface area contributed by atoms with Gasteiger partial charge in [-0.15, -0.1) is 0 Å². The van der Waals surface area contributed by atoms with Gasteiger partial charge in [-0.2, -0.15) is 5.10 Å². The van der Waals surface area contributed by atoms with Gasteiger partial charge in [-0.3, -0.25) is 4.68 Å². The van der Waals surface area contributed by atoms with Crippen LogP contribution in [0.5, 0.6) is 5.75 Å². The average molecular weight is 274 g/mol. The number of anilines is 2. The summed E-state index contributed by atoms with van der Waals surface area (Å²) >= 11 is 0. The van der Waals surface area contributed by atoms with E-state index in [0.29, 0.717) is 5.69 Å². The highest BCUT2D eigenvalue weighted by molar-refractivity contribution is 5.61. The molecule has 0 aliphatic rings. The highest BCUT2D eigenvalue weighted by Gasteiger charge is 2.05. The summed E-state index contributed by atoms with van der Waals surface area (Å²) in [6.07, 6.45) is 2.84. The number of nitrogens with one attached hydrogen (secondary N) is 1. The number of aryl methyl sites for hydroxylation is 1. The lowest BCUT2D eigenvalue weighted by molar-refractivity contribution is 0.244. The summed E-state index contributed by atoms with van der Waals surface area (Å²) in [7, 11) is 1.95. The zero-order chi connectivity index (χ0) is 14.5. The number of nitrogen functional groups attached to an aromatic ring is 1. The number of ether oxygens (including phenoxy) is 1. The minimum absolute atomic E-state index is 0.113. The van der Waals surface area contributed by atoms with Gasteiger partial charge in [0.1, 0.15) is 5.75 Å². The molecule has 0 atom stereocenters. The molecular formula is C15H22N4O. The first-order chi connectivity index (χ1) is 9.56. The predicted molar refractivity (Wildman–Crippen MR) is 82.0 cm³/mol. The molecule has 0 spiro atoms. The van der Waals surface area contributed by atoms with E-state index >= 15 is 0 Å². The van der Waals surface area contributed by atoms with Crippen LogP contribution in [0, 0.1) is 0 Å². The van der Waals surface area contributed by atoms with Crippen LogP contribution in [0.3, 0.4) is 0 Å². The van der Waals surface area contributed by atoms with Crippen molar-refractivity contribution in [3.8, 4) is 5.75 Å². The Labute approximate surface area is 119 Å². The fraction of sp³-hybridized carbons (Fsp3) is 0.400. The molecule has 0 aliphatic carbocycles. The summed E-state index contributed by atoms with van der Waals surface area (Å²) in [5.41, 5.74) is 8.77. The zero-order valence-electron chi connectivity index (χ0n) is 12.3. The molecule has 20 heavy (non-hydrogen) atoms. The molecular weight excluding hydrogens is 252 g/mol. The number of nitrogens with zero attached hydrogens (tertiary/aromatic N) is 2. The summed E-state index contributed by atoms with van der Waals surface area (Å²) in [5.74, 6) is 0.727. The molecule has 3 N–H and O–H groups in total. The Morgan fingerprint density at radius 3 is 2.80 bits per heavy atom. The largest absolute Gasteiger partial charge is 0.489 e. The van der Waals surface area contributed by atoms with Crippen LogP contribution >= 0.6 is 0 Å². The van der Waals surface area contributed by atoms with Gasteiger partial charge < -0.3 is 15.8 Å². The smallest absolute Gasteiger partial charge is 0.144 e. The van der Waals surface area contributed by atoms with Crippen molar-refractivity contribution in [2.24, 2.45) is 7.05 Å². The second kappa shape index (κ2) is 6.32. The first-order valence-electron chi connectivity index (χ1n) is 6.83. The molecule has 0 fully saturated rings. The van der Waals surface area contributed by atoms with E-state index in [0.717, 1.165) is 24.4 Å². The van der Waals surface area contributed by atoms with Gasteiger partial charge in [-0.1, -0.05) is 0 Å². The van der Waals surface area contributed by atoms with Gasteiger partial charge >= 0.3 is 0 Å². The number of rotatable bonds is 6. The lowest BCUT2D eigenvalue weighted by Gasteiger charge is -2.14. The van der Waals surface area contributed by atoms with Crippen molar-refractivity contribution in [1.29, 1.82) is 0 Å². The van der Waals surface area contributed by atoms with Crippen LogP contribution in [-0.4, -0.2) is 22.4 Å². The molecule has 1 aromatic heterocycles. The molecule has 1 heterocycles. The fourth-order valence-electron chi connectivity index (χ4n) is 1.98. The molecule has 5 heteroatoms. The van der Waals surface area contributed by atoms with Crippen LogP contribution in [-0.2, 0) is 13.5 Å². The molecule has 0 bridgehead atoms. The average Bonchev–Trinajstić information content (AvgIpc) is 2.79. The molecule has 108 valence electrons. The van der Waals surface area contributed by atoms with E-state index in [9.17, 15) is 0 Å². The van der Waals surface area contributed by atoms with Crippen molar-refractivity contribution in [3.63, 3.8) is 0 Å². The second-order valence-corrected chi connectivity index (χ2v) is 5.04. The summed E-state index contributed by atoms with van der Waals surface area (Å²) in [4.78, 5) is 0. The van der Waals surface area contributed by atoms with Crippen LogP contribution in [0.1, 0.15) is 19.5 Å². The van der Waals surface area contributed by atoms with E-state index in [2.05, 4.69) is 10.4 Å². The third kappa shape index (κ3) is 3.66. The molecule has 0 radical (unpaired) electrons. The molecule has 2 aromatic rings. The monoisotopic (exact) mass is 274 g/mol. The molecule has 0 aliphatic heterocycles. The molecule has 2 rings (SSSR count). The van der Waals surface area contributed by atoms with Crippen molar-refractivity contribution in [3.05, 3.63) is 36.2 Å². The Morgan fingerprint density at radius 1 is 1.35 bits per heavy atom. The maximum absolute atomic E-state index is 5.90. The van der Waals surface area contributed by atoms with Gasteiger partial charge in [0.25, 0.3) is 0 Å². The van der Waals surface area contributed by atoms with Crippen molar-refractivity contribution in [2.75, 3.05) is 17.6 Å². The zero-order valence-corrected chi connectivity index (χ0v) is 12.3. The molecule has 0 unspecified atom stereocenters. The summed E-state index contributed by atoms with van der Waals surface area (Å²) in [6.45, 7) is 4.81. The first-order valence-corrected chi connectivity index (χ1v) is 6.83. The van der Waals surface area contributed by atoms with Gasteiger partial charge in [-0.05, 0) is 32.0 Å². The predicted octanol–water partition coefficient (Wildman–Crippen LogP) is 2.44. The normalized spacial score (nSPS) is 10.8. The van der Waals surface area contributed by atoms with Gasteiger partial charge in [0, 0.05) is 43.7 Å². The topological polar surface area (TPSA) is 65.1 Å². The van der Waals surface area contributed by atoms with Crippen LogP contribution in [0.2, 0.25) is 0 Å². The number of nitrogens with two attached hydrogens (primary N) is 1. The molecule has 0 saturated heterocycles. The molecule has 0 amide bonds. The van der Waals surface area contributed by atoms with Crippen LogP contribution in [0.15, 0.2) is 30.5 Å². The number of benzene rings is 1. The highest BCUT2D eigenvalue weighted by Crippen LogP contribution is 2.26. The van der Waals surface area contributed by atoms with E-state index in [1.54, 1.807) is 0 Å². The van der Waals surface area contributed by atoms with Gasteiger partial charge in [-0.25, -0.2) is 0 Å². The van der Waals surface area contributed by atoms with Crippen LogP contribution in [0.25, 0.3) is 0 Å². The van der Waals surface area contributed by atoms with E-state index in [1.807, 2.05) is 56.0 Å². The van der Waals surface area contributed by atoms with Crippen molar-refractivity contribution in [1.82, 2.24) is 9.78 Å². The second-order valence-electron chi connectivity index (χ2n) is 5.04. The Kier molecular flexibility index (Phi) is 4.50. The Hall–Kier alpha value is -2.17. The van der Waals surface area contributed by atoms with Crippen molar-refractivity contribution in [2.45, 2.75) is 26.4 Å². The Bertz CT molecular complexity index is 563. The fourth-order valence-corrected chi connectivity index (χ4v) is 1.98. The van der Waals surface area contributed by atoms with E-state index in [1.165, 1.54) is 5.69 Å². The van der Waals surface area contributed by atoms with Crippen LogP contribution in [0.4, 0.5) is 11.4 Å². The van der Waals surface area contributed by atoms with Crippen LogP contribution < -0.4 is 15.8 Å². The van der Waals surface area contributed by atoms with E-state index in [-0.39, 0.29) is 6.10 Å². The summed E-state index contributed by atoms with van der Waals surface area (Å²) in [5, 5.41) is 7.53. The maximum atomic E-state index is 5.90. The minimum atomic E-state index is 0.113. The third-order valence-corrected chi connectivity index (χ3v) is 3.01. The van der Waals surface area contributed by atoms with Gasteiger partial charge in [0.15, 0.2) is 0 Å². The lowest BCUT2D eigenvalue weighted by Crippen LogP contribution is -2.10. The molecule has 1 aromatic carbocycles. The molecule has 0 saturated carbocycles. The minimum Gasteiger partial charge on any atom is -0.489 e. The number of hydrogen-bond acceptors (Lipinski definition) is 4. The molecule has 5 nitrogen and oxygen atoms in total. The van der Waals surface area contributed by atoms with E-state index in [4.69, 9.17) is 10.5 Å². The highest BCUT2D eigenvalue weighted by atomic mass is 16.5. The third-order valence-electron chi connectivity index (χ3n) is 3.01. The SMILES string of the molecule is CC(C)Oc1cc(NCCc2ccnn2C)ccc1N. The summed E-state index contributed by atoms with van der Waals surface area (Å²) in [6, 6.07) is 7.80. The Balaban J connectivity index is 1.94. The quantitative estimate of drug-likeness (QED) is 0.794. The number of hydrogen-bond donors (Lipinski definition) is 2. The van der Waals surface area contributed by atoms with E-state index < -0.39 is 0 Å². The lowest BCUT2D eigenvalue weighted by atomic mass is 10.2. The summed E-state index contributed by atoms with van der Waals surface area (Å²) < 4.78 is 7.56. The van der Waals surface area contributed by atoms with Gasteiger partial charge in [0.2, 0.25) is 0 Å². The van der Waals surface area contributed by atoms with Crippen molar-refractivity contribution >= 4 is 11.4 Å². The maximum Gasteiger partial charge on any atom is 0.144 e. The number of aromatic nitrogens is 2. The first kappa shape index (κ1) is 14.2. The van der Waals surface area contributed by atoms with Crippen molar-refractivity contribution < 1.29 is 4.74 Å². The van der Waals surface area contributed by atoms with Gasteiger partial charge in [0.05, 0.1) is 11.8 Å². The Morgan fingerprint density at radius 2 is 2.15 bits per heavy atom. The standard InChI is InChI=1S/C15H22N4O/c1-11(2)20-15-10-12(4-5-14(15)16)17-8-6-13-7-9-18-19(13)3/h4-5,7,9-11,17H,6,8,16H2,1-3H3.